The number of nitrogens with one attached hydrogen (secondary N) is 1. The average Bonchev–Trinajstić information content (AvgIpc) is 2.70. The molecular formula is C17H24BrN3. The fraction of sp³-hybridized carbons (Fsp3) is 0.471. The van der Waals surface area contributed by atoms with Crippen LogP contribution < -0.4 is 5.32 Å². The lowest BCUT2D eigenvalue weighted by molar-refractivity contribution is 0.567. The predicted octanol–water partition coefficient (Wildman–Crippen LogP) is 3.74. The first-order chi connectivity index (χ1) is 10.0. The molecule has 0 saturated heterocycles. The van der Waals surface area contributed by atoms with Gasteiger partial charge in [0.2, 0.25) is 0 Å². The first kappa shape index (κ1) is 16.2. The van der Waals surface area contributed by atoms with E-state index >= 15 is 0 Å². The van der Waals surface area contributed by atoms with Crippen LogP contribution in [0.15, 0.2) is 28.7 Å². The molecule has 1 atom stereocenters. The van der Waals surface area contributed by atoms with E-state index in [4.69, 9.17) is 0 Å². The number of aryl methyl sites for hydroxylation is 3. The Morgan fingerprint density at radius 2 is 2.00 bits per heavy atom. The largest absolute Gasteiger partial charge is 0.316 e. The van der Waals surface area contributed by atoms with Crippen molar-refractivity contribution in [1.29, 1.82) is 0 Å². The van der Waals surface area contributed by atoms with Gasteiger partial charge in [-0.15, -0.1) is 0 Å². The molecule has 0 aliphatic rings. The van der Waals surface area contributed by atoms with Gasteiger partial charge < -0.3 is 5.32 Å². The normalized spacial score (nSPS) is 12.6. The summed E-state index contributed by atoms with van der Waals surface area (Å²) in [5, 5.41) is 8.00. The van der Waals surface area contributed by atoms with Crippen molar-refractivity contribution in [3.05, 3.63) is 51.3 Å². The molecule has 3 nitrogen and oxygen atoms in total. The summed E-state index contributed by atoms with van der Waals surface area (Å²) < 4.78 is 3.14. The minimum absolute atomic E-state index is 0.456. The zero-order valence-corrected chi connectivity index (χ0v) is 14.9. The molecule has 0 aliphatic carbocycles. The summed E-state index contributed by atoms with van der Waals surface area (Å²) in [6.45, 7) is 8.36. The lowest BCUT2D eigenvalue weighted by Gasteiger charge is -2.20. The van der Waals surface area contributed by atoms with E-state index in [2.05, 4.69) is 64.5 Å². The van der Waals surface area contributed by atoms with Crippen molar-refractivity contribution in [1.82, 2.24) is 15.1 Å². The highest BCUT2D eigenvalue weighted by Gasteiger charge is 2.19. The number of hydrogen-bond acceptors (Lipinski definition) is 2. The molecular weight excluding hydrogens is 326 g/mol. The third-order valence-electron chi connectivity index (χ3n) is 3.97. The van der Waals surface area contributed by atoms with Crippen LogP contribution >= 0.6 is 15.9 Å². The monoisotopic (exact) mass is 349 g/mol. The zero-order valence-electron chi connectivity index (χ0n) is 13.3. The summed E-state index contributed by atoms with van der Waals surface area (Å²) in [6, 6.07) is 8.67. The van der Waals surface area contributed by atoms with Crippen LogP contribution in [-0.4, -0.2) is 22.9 Å². The van der Waals surface area contributed by atoms with Gasteiger partial charge in [-0.3, -0.25) is 4.68 Å². The van der Waals surface area contributed by atoms with Crippen LogP contribution in [0.5, 0.6) is 0 Å². The Hall–Kier alpha value is -1.13. The zero-order chi connectivity index (χ0) is 15.4. The van der Waals surface area contributed by atoms with Gasteiger partial charge >= 0.3 is 0 Å². The Kier molecular flexibility index (Phi) is 5.59. The van der Waals surface area contributed by atoms with Gasteiger partial charge in [-0.1, -0.05) is 31.2 Å². The summed E-state index contributed by atoms with van der Waals surface area (Å²) in [7, 11) is 2.02. The molecule has 0 amide bonds. The molecule has 0 bridgehead atoms. The van der Waals surface area contributed by atoms with Gasteiger partial charge in [0.05, 0.1) is 15.9 Å². The van der Waals surface area contributed by atoms with E-state index in [0.717, 1.165) is 29.7 Å². The lowest BCUT2D eigenvalue weighted by Crippen LogP contribution is -2.24. The maximum absolute atomic E-state index is 4.51. The SMILES string of the molecule is CCNCC(Cc1c(Br)c(C)nn1C)c1ccccc1C. The minimum Gasteiger partial charge on any atom is -0.316 e. The number of halogens is 1. The van der Waals surface area contributed by atoms with Gasteiger partial charge in [-0.25, -0.2) is 0 Å². The molecule has 1 aromatic heterocycles. The van der Waals surface area contributed by atoms with Crippen LogP contribution in [0, 0.1) is 13.8 Å². The number of aromatic nitrogens is 2. The summed E-state index contributed by atoms with van der Waals surface area (Å²) in [6.07, 6.45) is 0.982. The van der Waals surface area contributed by atoms with Crippen molar-refractivity contribution in [3.63, 3.8) is 0 Å². The molecule has 2 rings (SSSR count). The first-order valence-electron chi connectivity index (χ1n) is 7.48. The van der Waals surface area contributed by atoms with Crippen LogP contribution in [0.25, 0.3) is 0 Å². The Balaban J connectivity index is 2.31. The second-order valence-electron chi connectivity index (χ2n) is 5.54. The van der Waals surface area contributed by atoms with Gasteiger partial charge in [0.1, 0.15) is 0 Å². The van der Waals surface area contributed by atoms with Crippen molar-refractivity contribution >= 4 is 15.9 Å². The highest BCUT2D eigenvalue weighted by Crippen LogP contribution is 2.28. The molecule has 114 valence electrons. The fourth-order valence-corrected chi connectivity index (χ4v) is 3.29. The van der Waals surface area contributed by atoms with E-state index in [1.807, 2.05) is 18.7 Å². The van der Waals surface area contributed by atoms with Crippen molar-refractivity contribution in [2.24, 2.45) is 7.05 Å². The van der Waals surface area contributed by atoms with Crippen molar-refractivity contribution in [3.8, 4) is 0 Å². The molecule has 1 aromatic carbocycles. The van der Waals surface area contributed by atoms with Crippen LogP contribution in [0.1, 0.15) is 35.4 Å². The van der Waals surface area contributed by atoms with Crippen molar-refractivity contribution in [2.45, 2.75) is 33.1 Å². The summed E-state index contributed by atoms with van der Waals surface area (Å²) >= 11 is 3.69. The van der Waals surface area contributed by atoms with Crippen molar-refractivity contribution < 1.29 is 0 Å². The van der Waals surface area contributed by atoms with E-state index in [1.54, 1.807) is 0 Å². The predicted molar refractivity (Wildman–Crippen MR) is 91.8 cm³/mol. The van der Waals surface area contributed by atoms with Crippen LogP contribution in [0.2, 0.25) is 0 Å². The van der Waals surface area contributed by atoms with Crippen molar-refractivity contribution in [2.75, 3.05) is 13.1 Å². The Morgan fingerprint density at radius 3 is 2.57 bits per heavy atom. The van der Waals surface area contributed by atoms with E-state index in [-0.39, 0.29) is 0 Å². The van der Waals surface area contributed by atoms with Gasteiger partial charge in [-0.2, -0.15) is 5.10 Å². The number of likely N-dealkylation sites (N-methyl/N-ethyl adjacent to an activating group) is 1. The maximum atomic E-state index is 4.51. The molecule has 1 unspecified atom stereocenters. The quantitative estimate of drug-likeness (QED) is 0.860. The number of nitrogens with zero attached hydrogens (tertiary/aromatic N) is 2. The molecule has 1 heterocycles. The molecule has 1 N–H and O–H groups in total. The molecule has 0 fully saturated rings. The standard InChI is InChI=1S/C17H24BrN3/c1-5-19-11-14(15-9-7-6-8-12(15)2)10-16-17(18)13(3)20-21(16)4/h6-9,14,19H,5,10-11H2,1-4H3. The fourth-order valence-electron chi connectivity index (χ4n) is 2.79. The Bertz CT molecular complexity index is 604. The summed E-state index contributed by atoms with van der Waals surface area (Å²) in [5.41, 5.74) is 5.10. The van der Waals surface area contributed by atoms with Gasteiger partial charge in [0.15, 0.2) is 0 Å². The van der Waals surface area contributed by atoms with Gasteiger partial charge in [0.25, 0.3) is 0 Å². The third kappa shape index (κ3) is 3.74. The van der Waals surface area contributed by atoms with Crippen LogP contribution in [-0.2, 0) is 13.5 Å². The second kappa shape index (κ2) is 7.23. The lowest BCUT2D eigenvalue weighted by atomic mass is 9.90. The smallest absolute Gasteiger partial charge is 0.0738 e. The molecule has 2 aromatic rings. The molecule has 0 aliphatic heterocycles. The minimum atomic E-state index is 0.456. The van der Waals surface area contributed by atoms with Crippen LogP contribution in [0.4, 0.5) is 0 Å². The Labute approximate surface area is 135 Å². The molecule has 0 radical (unpaired) electrons. The summed E-state index contributed by atoms with van der Waals surface area (Å²) in [5.74, 6) is 0.456. The molecule has 21 heavy (non-hydrogen) atoms. The number of benzene rings is 1. The Morgan fingerprint density at radius 1 is 1.29 bits per heavy atom. The van der Waals surface area contributed by atoms with Gasteiger partial charge in [0, 0.05) is 19.5 Å². The first-order valence-corrected chi connectivity index (χ1v) is 8.28. The number of rotatable bonds is 6. The maximum Gasteiger partial charge on any atom is 0.0738 e. The third-order valence-corrected chi connectivity index (χ3v) is 5.00. The summed E-state index contributed by atoms with van der Waals surface area (Å²) in [4.78, 5) is 0. The highest BCUT2D eigenvalue weighted by molar-refractivity contribution is 9.10. The van der Waals surface area contributed by atoms with E-state index in [1.165, 1.54) is 16.8 Å². The number of hydrogen-bond donors (Lipinski definition) is 1. The van der Waals surface area contributed by atoms with E-state index < -0.39 is 0 Å². The van der Waals surface area contributed by atoms with E-state index in [9.17, 15) is 0 Å². The van der Waals surface area contributed by atoms with Gasteiger partial charge in [-0.05, 0) is 53.9 Å². The topological polar surface area (TPSA) is 29.9 Å². The second-order valence-corrected chi connectivity index (χ2v) is 6.33. The average molecular weight is 350 g/mol. The molecule has 0 saturated carbocycles. The van der Waals surface area contributed by atoms with E-state index in [0.29, 0.717) is 5.92 Å². The molecule has 0 spiro atoms. The molecule has 4 heteroatoms. The van der Waals surface area contributed by atoms with Crippen LogP contribution in [0.3, 0.4) is 0 Å². The highest BCUT2D eigenvalue weighted by atomic mass is 79.9.